The summed E-state index contributed by atoms with van der Waals surface area (Å²) in [5, 5.41) is 2.09. The summed E-state index contributed by atoms with van der Waals surface area (Å²) in [7, 11) is 4.99. The number of para-hydroxylation sites is 1. The van der Waals surface area contributed by atoms with E-state index in [0.29, 0.717) is 19.6 Å². The van der Waals surface area contributed by atoms with Gasteiger partial charge >= 0.3 is 6.09 Å². The number of benzene rings is 2. The van der Waals surface area contributed by atoms with Crippen LogP contribution in [0, 0.1) is 0 Å². The zero-order chi connectivity index (χ0) is 30.2. The molecule has 1 aliphatic heterocycles. The SMILES string of the molecule is CN(CC[C@@H](Oc1ccccc1CN1CCC(c2ccccc2)(N(C)C)CC1)c1cccs1)C(=O)OCC[Si](C)(C)C. The number of likely N-dealkylation sites (tertiary alicyclic amines) is 1. The summed E-state index contributed by atoms with van der Waals surface area (Å²) in [6.45, 7) is 10.8. The van der Waals surface area contributed by atoms with Crippen molar-refractivity contribution in [3.05, 3.63) is 88.1 Å². The Balaban J connectivity index is 1.39. The van der Waals surface area contributed by atoms with Gasteiger partial charge in [-0.2, -0.15) is 0 Å². The highest BCUT2D eigenvalue weighted by atomic mass is 32.1. The van der Waals surface area contributed by atoms with Gasteiger partial charge in [0.2, 0.25) is 0 Å². The smallest absolute Gasteiger partial charge is 0.409 e. The molecule has 0 aliphatic carbocycles. The van der Waals surface area contributed by atoms with Crippen LogP contribution in [0.15, 0.2) is 72.1 Å². The molecule has 1 aromatic heterocycles. The van der Waals surface area contributed by atoms with Crippen molar-refractivity contribution < 1.29 is 14.3 Å². The van der Waals surface area contributed by atoms with E-state index in [-0.39, 0.29) is 17.7 Å². The summed E-state index contributed by atoms with van der Waals surface area (Å²) in [5.41, 5.74) is 2.68. The molecule has 0 bridgehead atoms. The number of ether oxygens (including phenoxy) is 2. The van der Waals surface area contributed by atoms with Crippen molar-refractivity contribution in [3.63, 3.8) is 0 Å². The molecule has 8 heteroatoms. The standard InChI is InChI=1S/C34H49N3O3SSi/c1-35(2)34(29-14-8-7-9-15-29)19-22-37(23-20-34)27-28-13-10-11-16-30(28)40-31(32-17-12-25-41-32)18-21-36(3)33(38)39-24-26-42(4,5)6/h7-17,25,31H,18-24,26-27H2,1-6H3/t31-/m1/s1. The number of piperidine rings is 1. The predicted octanol–water partition coefficient (Wildman–Crippen LogP) is 7.72. The van der Waals surface area contributed by atoms with E-state index in [4.69, 9.17) is 9.47 Å². The Kier molecular flexibility index (Phi) is 11.3. The van der Waals surface area contributed by atoms with Crippen molar-refractivity contribution in [1.29, 1.82) is 0 Å². The zero-order valence-electron chi connectivity index (χ0n) is 26.3. The van der Waals surface area contributed by atoms with Crippen LogP contribution in [0.1, 0.15) is 41.4 Å². The first-order valence-electron chi connectivity index (χ1n) is 15.2. The molecular formula is C34H49N3O3SSi. The van der Waals surface area contributed by atoms with E-state index in [1.165, 1.54) is 16.0 Å². The third kappa shape index (κ3) is 8.69. The summed E-state index contributed by atoms with van der Waals surface area (Å²) >= 11 is 1.70. The van der Waals surface area contributed by atoms with Crippen molar-refractivity contribution in [2.75, 3.05) is 47.4 Å². The normalized spacial score (nSPS) is 16.3. The number of rotatable bonds is 13. The van der Waals surface area contributed by atoms with Gasteiger partial charge < -0.3 is 14.4 Å². The third-order valence-corrected chi connectivity index (χ3v) is 11.1. The van der Waals surface area contributed by atoms with Crippen LogP contribution in [0.25, 0.3) is 0 Å². The maximum atomic E-state index is 12.6. The minimum atomic E-state index is -1.24. The summed E-state index contributed by atoms with van der Waals surface area (Å²) in [6, 6.07) is 24.5. The molecule has 42 heavy (non-hydrogen) atoms. The molecule has 0 N–H and O–H groups in total. The molecule has 1 atom stereocenters. The second kappa shape index (κ2) is 14.7. The Bertz CT molecular complexity index is 1240. The van der Waals surface area contributed by atoms with Gasteiger partial charge in [-0.05, 0) is 56.1 Å². The maximum Gasteiger partial charge on any atom is 0.409 e. The molecule has 228 valence electrons. The molecule has 0 unspecified atom stereocenters. The van der Waals surface area contributed by atoms with Crippen LogP contribution in [0.5, 0.6) is 5.75 Å². The molecule has 1 saturated heterocycles. The molecule has 2 aromatic carbocycles. The fraction of sp³-hybridized carbons (Fsp3) is 0.500. The minimum Gasteiger partial charge on any atom is -0.484 e. The largest absolute Gasteiger partial charge is 0.484 e. The lowest BCUT2D eigenvalue weighted by atomic mass is 9.79. The van der Waals surface area contributed by atoms with Crippen molar-refractivity contribution in [2.24, 2.45) is 0 Å². The van der Waals surface area contributed by atoms with Crippen molar-refractivity contribution in [2.45, 2.75) is 63.1 Å². The second-order valence-corrected chi connectivity index (χ2v) is 19.5. The van der Waals surface area contributed by atoms with Gasteiger partial charge in [0.25, 0.3) is 0 Å². The first-order chi connectivity index (χ1) is 20.1. The summed E-state index contributed by atoms with van der Waals surface area (Å²) in [6.07, 6.45) is 2.48. The lowest BCUT2D eigenvalue weighted by molar-refractivity contribution is 0.0500. The molecule has 0 saturated carbocycles. The number of hydrogen-bond acceptors (Lipinski definition) is 6. The van der Waals surface area contributed by atoms with E-state index in [1.807, 2.05) is 7.05 Å². The average Bonchev–Trinajstić information content (AvgIpc) is 3.51. The molecule has 4 rings (SSSR count). The van der Waals surface area contributed by atoms with E-state index in [9.17, 15) is 4.79 Å². The fourth-order valence-corrected chi connectivity index (χ4v) is 7.16. The molecule has 3 aromatic rings. The Hall–Kier alpha value is -2.65. The maximum absolute atomic E-state index is 12.6. The van der Waals surface area contributed by atoms with Crippen LogP contribution in [0.3, 0.4) is 0 Å². The zero-order valence-corrected chi connectivity index (χ0v) is 28.2. The molecule has 1 amide bonds. The van der Waals surface area contributed by atoms with Gasteiger partial charge in [-0.3, -0.25) is 9.80 Å². The molecule has 2 heterocycles. The van der Waals surface area contributed by atoms with Crippen molar-refractivity contribution in [3.8, 4) is 5.75 Å². The number of thiophene rings is 1. The van der Waals surface area contributed by atoms with Gasteiger partial charge in [0, 0.05) is 63.7 Å². The number of hydrogen-bond donors (Lipinski definition) is 0. The van der Waals surface area contributed by atoms with Crippen LogP contribution in [0.4, 0.5) is 4.79 Å². The van der Waals surface area contributed by atoms with Crippen LogP contribution < -0.4 is 4.74 Å². The van der Waals surface area contributed by atoms with E-state index < -0.39 is 8.07 Å². The lowest BCUT2D eigenvalue weighted by Gasteiger charge is -2.46. The van der Waals surface area contributed by atoms with Crippen molar-refractivity contribution in [1.82, 2.24) is 14.7 Å². The van der Waals surface area contributed by atoms with Gasteiger partial charge in [0.15, 0.2) is 0 Å². The van der Waals surface area contributed by atoms with Crippen LogP contribution in [0.2, 0.25) is 25.7 Å². The van der Waals surface area contributed by atoms with Crippen molar-refractivity contribution >= 4 is 25.5 Å². The molecule has 1 aliphatic rings. The fourth-order valence-electron chi connectivity index (χ4n) is 5.66. The van der Waals surface area contributed by atoms with E-state index in [1.54, 1.807) is 16.2 Å². The summed E-state index contributed by atoms with van der Waals surface area (Å²) in [5.74, 6) is 0.920. The van der Waals surface area contributed by atoms with Gasteiger partial charge in [0.1, 0.15) is 11.9 Å². The first kappa shape index (κ1) is 32.3. The highest BCUT2D eigenvalue weighted by Gasteiger charge is 2.38. The minimum absolute atomic E-state index is 0.0693. The van der Waals surface area contributed by atoms with Crippen LogP contribution in [-0.4, -0.2) is 76.3 Å². The topological polar surface area (TPSA) is 45.2 Å². The molecule has 1 fully saturated rings. The summed E-state index contributed by atoms with van der Waals surface area (Å²) < 4.78 is 12.3. The van der Waals surface area contributed by atoms with Crippen LogP contribution in [-0.2, 0) is 16.8 Å². The molecule has 6 nitrogen and oxygen atoms in total. The van der Waals surface area contributed by atoms with Gasteiger partial charge in [-0.1, -0.05) is 74.2 Å². The highest BCUT2D eigenvalue weighted by Crippen LogP contribution is 2.38. The molecule has 0 spiro atoms. The highest BCUT2D eigenvalue weighted by molar-refractivity contribution is 7.10. The Labute approximate surface area is 258 Å². The molecular weight excluding hydrogens is 559 g/mol. The quantitative estimate of drug-likeness (QED) is 0.186. The Morgan fingerprint density at radius 3 is 2.31 bits per heavy atom. The van der Waals surface area contributed by atoms with E-state index in [2.05, 4.69) is 116 Å². The average molecular weight is 608 g/mol. The monoisotopic (exact) mass is 607 g/mol. The third-order valence-electron chi connectivity index (χ3n) is 8.46. The van der Waals surface area contributed by atoms with Crippen LogP contribution >= 0.6 is 11.3 Å². The van der Waals surface area contributed by atoms with E-state index >= 15 is 0 Å². The number of carbonyl (C=O) groups is 1. The van der Waals surface area contributed by atoms with Gasteiger partial charge in [0.05, 0.1) is 6.61 Å². The Morgan fingerprint density at radius 2 is 1.67 bits per heavy atom. The van der Waals surface area contributed by atoms with Gasteiger partial charge in [-0.25, -0.2) is 4.79 Å². The molecule has 0 radical (unpaired) electrons. The lowest BCUT2D eigenvalue weighted by Crippen LogP contribution is -2.50. The Morgan fingerprint density at radius 1 is 0.976 bits per heavy atom. The van der Waals surface area contributed by atoms with E-state index in [0.717, 1.165) is 44.3 Å². The summed E-state index contributed by atoms with van der Waals surface area (Å²) in [4.78, 5) is 20.4. The second-order valence-electron chi connectivity index (χ2n) is 12.9. The number of nitrogens with zero attached hydrogens (tertiary/aromatic N) is 3. The number of carbonyl (C=O) groups excluding carboxylic acids is 1. The number of amides is 1. The predicted molar refractivity (Wildman–Crippen MR) is 177 cm³/mol. The van der Waals surface area contributed by atoms with Gasteiger partial charge in [-0.15, -0.1) is 11.3 Å². The first-order valence-corrected chi connectivity index (χ1v) is 19.8.